The zero-order chi connectivity index (χ0) is 5.98. The molecule has 0 aliphatic carbocycles. The number of nitrogens with zero attached hydrogens (tertiary/aromatic N) is 3. The molecule has 4 nitrogen and oxygen atoms in total. The zero-order valence-electron chi connectivity index (χ0n) is 4.33. The Morgan fingerprint density at radius 2 is 2.62 bits per heavy atom. The van der Waals surface area contributed by atoms with E-state index in [-0.39, 0.29) is 0 Å². The Hall–Kier alpha value is -1.24. The summed E-state index contributed by atoms with van der Waals surface area (Å²) in [5, 5.41) is 8.25. The van der Waals surface area contributed by atoms with Crippen molar-refractivity contribution in [3.63, 3.8) is 0 Å². The van der Waals surface area contributed by atoms with Crippen molar-refractivity contribution >= 4 is 5.96 Å². The van der Waals surface area contributed by atoms with E-state index in [1.54, 1.807) is 0 Å². The van der Waals surface area contributed by atoms with Gasteiger partial charge in [-0.15, -0.1) is 0 Å². The minimum atomic E-state index is 0.340. The van der Waals surface area contributed by atoms with Crippen LogP contribution in [0.4, 0.5) is 0 Å². The first-order valence-corrected chi connectivity index (χ1v) is 2.32. The number of aliphatic imine (C=N–C) groups is 1. The highest BCUT2D eigenvalue weighted by molar-refractivity contribution is 5.80. The second-order valence-corrected chi connectivity index (χ2v) is 1.49. The fourth-order valence-corrected chi connectivity index (χ4v) is 0.566. The van der Waals surface area contributed by atoms with Gasteiger partial charge in [0.25, 0.3) is 0 Å². The highest BCUT2D eigenvalue weighted by Crippen LogP contribution is 1.92. The van der Waals surface area contributed by atoms with E-state index in [1.165, 1.54) is 4.90 Å². The fourth-order valence-electron chi connectivity index (χ4n) is 0.566. The number of guanidine groups is 1. The molecule has 1 aliphatic rings. The van der Waals surface area contributed by atoms with E-state index in [9.17, 15) is 0 Å². The lowest BCUT2D eigenvalue weighted by molar-refractivity contribution is 0.625. The first kappa shape index (κ1) is 4.91. The monoisotopic (exact) mass is 110 g/mol. The molecule has 1 rings (SSSR count). The summed E-state index contributed by atoms with van der Waals surface area (Å²) in [5.74, 6) is 0.340. The lowest BCUT2D eigenvalue weighted by Crippen LogP contribution is -2.28. The molecule has 0 fully saturated rings. The standard InChI is InChI=1S/C4H6N4/c5-3-8-2-1-7-4(8)6/h1-2H2,(H2,6,7). The summed E-state index contributed by atoms with van der Waals surface area (Å²) in [4.78, 5) is 5.15. The van der Waals surface area contributed by atoms with Crippen LogP contribution in [-0.2, 0) is 0 Å². The summed E-state index contributed by atoms with van der Waals surface area (Å²) in [7, 11) is 0. The Kier molecular flexibility index (Phi) is 1.04. The van der Waals surface area contributed by atoms with Crippen molar-refractivity contribution in [1.82, 2.24) is 4.90 Å². The molecule has 0 radical (unpaired) electrons. The predicted molar refractivity (Wildman–Crippen MR) is 28.8 cm³/mol. The Labute approximate surface area is 47.2 Å². The Bertz CT molecular complexity index is 154. The fraction of sp³-hybridized carbons (Fsp3) is 0.500. The SMILES string of the molecule is N#CN1CCN=C1N. The molecule has 0 bridgehead atoms. The maximum absolute atomic E-state index is 8.25. The van der Waals surface area contributed by atoms with Gasteiger partial charge in [0.1, 0.15) is 0 Å². The van der Waals surface area contributed by atoms with Gasteiger partial charge in [0.2, 0.25) is 5.96 Å². The highest BCUT2D eigenvalue weighted by Gasteiger charge is 2.10. The van der Waals surface area contributed by atoms with Gasteiger partial charge in [0, 0.05) is 0 Å². The van der Waals surface area contributed by atoms with Crippen molar-refractivity contribution in [2.75, 3.05) is 13.1 Å². The molecule has 1 aliphatic heterocycles. The minimum Gasteiger partial charge on any atom is -0.369 e. The predicted octanol–water partition coefficient (Wildman–Crippen LogP) is -0.902. The van der Waals surface area contributed by atoms with Crippen LogP contribution in [0.25, 0.3) is 0 Å². The summed E-state index contributed by atoms with van der Waals surface area (Å²) < 4.78 is 0. The van der Waals surface area contributed by atoms with E-state index in [1.807, 2.05) is 6.19 Å². The van der Waals surface area contributed by atoms with E-state index in [0.717, 1.165) is 0 Å². The van der Waals surface area contributed by atoms with Gasteiger partial charge < -0.3 is 5.73 Å². The third-order valence-electron chi connectivity index (χ3n) is 0.995. The maximum Gasteiger partial charge on any atom is 0.204 e. The molecule has 2 N–H and O–H groups in total. The number of nitrogens with two attached hydrogens (primary N) is 1. The molecule has 42 valence electrons. The quantitative estimate of drug-likeness (QED) is 0.411. The van der Waals surface area contributed by atoms with Gasteiger partial charge in [-0.1, -0.05) is 0 Å². The van der Waals surface area contributed by atoms with Crippen LogP contribution < -0.4 is 5.73 Å². The smallest absolute Gasteiger partial charge is 0.204 e. The lowest BCUT2D eigenvalue weighted by Gasteiger charge is -2.01. The van der Waals surface area contributed by atoms with E-state index in [0.29, 0.717) is 19.0 Å². The van der Waals surface area contributed by atoms with E-state index < -0.39 is 0 Å². The van der Waals surface area contributed by atoms with Crippen molar-refractivity contribution in [1.29, 1.82) is 5.26 Å². The molecule has 0 saturated carbocycles. The largest absolute Gasteiger partial charge is 0.369 e. The zero-order valence-corrected chi connectivity index (χ0v) is 4.33. The summed E-state index contributed by atoms with van der Waals surface area (Å²) in [6, 6.07) is 0. The van der Waals surface area contributed by atoms with Crippen molar-refractivity contribution < 1.29 is 0 Å². The molecule has 4 heteroatoms. The minimum absolute atomic E-state index is 0.340. The third kappa shape index (κ3) is 0.581. The van der Waals surface area contributed by atoms with Crippen molar-refractivity contribution in [2.24, 2.45) is 10.7 Å². The van der Waals surface area contributed by atoms with Gasteiger partial charge >= 0.3 is 0 Å². The van der Waals surface area contributed by atoms with Crippen LogP contribution in [0.2, 0.25) is 0 Å². The first-order valence-electron chi connectivity index (χ1n) is 2.32. The topological polar surface area (TPSA) is 65.4 Å². The second-order valence-electron chi connectivity index (χ2n) is 1.49. The second kappa shape index (κ2) is 1.70. The molecule has 0 aromatic carbocycles. The number of hydrogen-bond donors (Lipinski definition) is 1. The van der Waals surface area contributed by atoms with Crippen molar-refractivity contribution in [3.05, 3.63) is 0 Å². The van der Waals surface area contributed by atoms with Crippen LogP contribution in [-0.4, -0.2) is 23.9 Å². The third-order valence-corrected chi connectivity index (χ3v) is 0.995. The van der Waals surface area contributed by atoms with Crippen LogP contribution in [0, 0.1) is 11.5 Å². The van der Waals surface area contributed by atoms with Crippen LogP contribution in [0.3, 0.4) is 0 Å². The van der Waals surface area contributed by atoms with Gasteiger partial charge in [-0.3, -0.25) is 4.99 Å². The number of rotatable bonds is 0. The molecule has 0 spiro atoms. The van der Waals surface area contributed by atoms with Crippen molar-refractivity contribution in [3.8, 4) is 6.19 Å². The summed E-state index contributed by atoms with van der Waals surface area (Å²) >= 11 is 0. The van der Waals surface area contributed by atoms with E-state index in [4.69, 9.17) is 11.0 Å². The molecule has 1 heterocycles. The average molecular weight is 110 g/mol. The molecular formula is C4H6N4. The highest BCUT2D eigenvalue weighted by atomic mass is 15.3. The molecule has 0 aromatic heterocycles. The molecule has 0 aromatic rings. The van der Waals surface area contributed by atoms with Gasteiger partial charge in [0.15, 0.2) is 6.19 Å². The van der Waals surface area contributed by atoms with Crippen LogP contribution in [0.5, 0.6) is 0 Å². The van der Waals surface area contributed by atoms with Crippen LogP contribution in [0.1, 0.15) is 0 Å². The number of hydrogen-bond acceptors (Lipinski definition) is 4. The Balaban J connectivity index is 2.63. The molecule has 0 atom stereocenters. The van der Waals surface area contributed by atoms with Gasteiger partial charge in [-0.2, -0.15) is 5.26 Å². The van der Waals surface area contributed by atoms with Gasteiger partial charge in [-0.05, 0) is 0 Å². The summed E-state index contributed by atoms with van der Waals surface area (Å²) in [5.41, 5.74) is 5.24. The first-order chi connectivity index (χ1) is 3.84. The van der Waals surface area contributed by atoms with E-state index >= 15 is 0 Å². The normalized spacial score (nSPS) is 17.9. The Morgan fingerprint density at radius 3 is 2.88 bits per heavy atom. The lowest BCUT2D eigenvalue weighted by atomic mass is 10.6. The van der Waals surface area contributed by atoms with Crippen LogP contribution >= 0.6 is 0 Å². The van der Waals surface area contributed by atoms with Gasteiger partial charge in [-0.25, -0.2) is 4.90 Å². The maximum atomic E-state index is 8.25. The molecular weight excluding hydrogens is 104 g/mol. The molecule has 0 unspecified atom stereocenters. The number of nitriles is 1. The van der Waals surface area contributed by atoms with E-state index in [2.05, 4.69) is 4.99 Å². The average Bonchev–Trinajstić information content (AvgIpc) is 2.14. The van der Waals surface area contributed by atoms with Gasteiger partial charge in [0.05, 0.1) is 13.1 Å². The Morgan fingerprint density at radius 1 is 1.88 bits per heavy atom. The summed E-state index contributed by atoms with van der Waals surface area (Å²) in [6.45, 7) is 1.29. The molecule has 0 amide bonds. The van der Waals surface area contributed by atoms with Crippen LogP contribution in [0.15, 0.2) is 4.99 Å². The molecule has 8 heavy (non-hydrogen) atoms. The molecule has 0 saturated heterocycles. The summed E-state index contributed by atoms with van der Waals surface area (Å²) in [6.07, 6.45) is 1.89. The van der Waals surface area contributed by atoms with Crippen molar-refractivity contribution in [2.45, 2.75) is 0 Å².